The van der Waals surface area contributed by atoms with Gasteiger partial charge in [0.05, 0.1) is 23.5 Å². The normalized spacial score (nSPS) is 20.0. The number of hydrogen-bond donors (Lipinski definition) is 1. The molecule has 6 nitrogen and oxygen atoms in total. The topological polar surface area (TPSA) is 67.2 Å². The molecule has 0 aliphatic carbocycles. The van der Waals surface area contributed by atoms with Crippen LogP contribution in [0.5, 0.6) is 0 Å². The number of carbonyl (C=O) groups is 2. The summed E-state index contributed by atoms with van der Waals surface area (Å²) in [6.45, 7) is 0.440. The number of nitrogens with zero attached hydrogens (tertiary/aromatic N) is 3. The lowest BCUT2D eigenvalue weighted by Gasteiger charge is -2.32. The first kappa shape index (κ1) is 18.2. The molecule has 3 aromatic rings. The molecule has 0 fully saturated rings. The van der Waals surface area contributed by atoms with Crippen LogP contribution in [0.4, 0.5) is 11.5 Å². The van der Waals surface area contributed by atoms with E-state index in [-0.39, 0.29) is 18.2 Å². The number of para-hydroxylation sites is 1. The number of aromatic nitrogens is 2. The highest BCUT2D eigenvalue weighted by Crippen LogP contribution is 2.53. The van der Waals surface area contributed by atoms with Crippen molar-refractivity contribution in [2.45, 2.75) is 18.4 Å². The van der Waals surface area contributed by atoms with Crippen molar-refractivity contribution in [3.05, 3.63) is 75.4 Å². The molecule has 29 heavy (non-hydrogen) atoms. The summed E-state index contributed by atoms with van der Waals surface area (Å²) in [5.41, 5.74) is 1.92. The summed E-state index contributed by atoms with van der Waals surface area (Å²) in [6, 6.07) is 12.8. The second kappa shape index (κ2) is 6.34. The maximum absolute atomic E-state index is 13.4. The zero-order valence-corrected chi connectivity index (χ0v) is 17.0. The van der Waals surface area contributed by atoms with Gasteiger partial charge < -0.3 is 10.2 Å². The molecule has 1 N–H and O–H groups in total. The van der Waals surface area contributed by atoms with Crippen LogP contribution < -0.4 is 10.2 Å². The van der Waals surface area contributed by atoms with Gasteiger partial charge >= 0.3 is 0 Å². The smallest absolute Gasteiger partial charge is 0.242 e. The first-order chi connectivity index (χ1) is 13.9. The van der Waals surface area contributed by atoms with Crippen molar-refractivity contribution in [3.63, 3.8) is 0 Å². The van der Waals surface area contributed by atoms with E-state index in [4.69, 9.17) is 23.2 Å². The van der Waals surface area contributed by atoms with Crippen LogP contribution in [0.1, 0.15) is 23.1 Å². The summed E-state index contributed by atoms with van der Waals surface area (Å²) >= 11 is 12.4. The van der Waals surface area contributed by atoms with E-state index in [0.29, 0.717) is 33.7 Å². The summed E-state index contributed by atoms with van der Waals surface area (Å²) in [4.78, 5) is 27.7. The molecule has 0 radical (unpaired) electrons. The van der Waals surface area contributed by atoms with Gasteiger partial charge in [0.1, 0.15) is 11.2 Å². The van der Waals surface area contributed by atoms with Crippen molar-refractivity contribution in [1.82, 2.24) is 9.78 Å². The van der Waals surface area contributed by atoms with E-state index >= 15 is 0 Å². The van der Waals surface area contributed by atoms with Crippen molar-refractivity contribution < 1.29 is 9.59 Å². The molecular formula is C21H16Cl2N4O2. The molecule has 0 unspecified atom stereocenters. The highest BCUT2D eigenvalue weighted by Gasteiger charge is 2.56. The first-order valence-corrected chi connectivity index (χ1v) is 9.85. The van der Waals surface area contributed by atoms with Gasteiger partial charge in [0.25, 0.3) is 0 Å². The Hall–Kier alpha value is -2.83. The molecule has 5 rings (SSSR count). The molecule has 8 heteroatoms. The third kappa shape index (κ3) is 2.52. The Morgan fingerprint density at radius 2 is 1.86 bits per heavy atom. The molecule has 2 aromatic carbocycles. The van der Waals surface area contributed by atoms with E-state index in [2.05, 4.69) is 10.4 Å². The molecule has 146 valence electrons. The van der Waals surface area contributed by atoms with Crippen molar-refractivity contribution in [1.29, 1.82) is 0 Å². The van der Waals surface area contributed by atoms with Crippen LogP contribution in [0.3, 0.4) is 0 Å². The predicted octanol–water partition coefficient (Wildman–Crippen LogP) is 3.84. The minimum absolute atomic E-state index is 0.0170. The third-order valence-corrected chi connectivity index (χ3v) is 6.24. The molecule has 2 amide bonds. The number of nitrogens with one attached hydrogen (secondary N) is 1. The summed E-state index contributed by atoms with van der Waals surface area (Å²) in [5.74, 6) is 0.124. The Labute approximate surface area is 177 Å². The van der Waals surface area contributed by atoms with Crippen LogP contribution in [0.2, 0.25) is 10.0 Å². The van der Waals surface area contributed by atoms with Gasteiger partial charge in [-0.1, -0.05) is 47.5 Å². The molecule has 0 saturated heterocycles. The second-order valence-corrected chi connectivity index (χ2v) is 8.17. The number of likely N-dealkylation sites (N-methyl/N-ethyl adjacent to an activating group) is 1. The lowest BCUT2D eigenvalue weighted by Crippen LogP contribution is -2.45. The molecule has 1 spiro atoms. The maximum atomic E-state index is 13.4. The lowest BCUT2D eigenvalue weighted by molar-refractivity contribution is -0.126. The largest absolute Gasteiger partial charge is 0.313 e. The van der Waals surface area contributed by atoms with Gasteiger partial charge in [-0.15, -0.1) is 0 Å². The van der Waals surface area contributed by atoms with E-state index < -0.39 is 5.41 Å². The van der Waals surface area contributed by atoms with Crippen molar-refractivity contribution in [2.24, 2.45) is 0 Å². The SMILES string of the molecule is CN1C(=O)[C@@]2(CC(=O)Nc3c2cnn3Cc2ccc(Cl)cc2)c2cccc(Cl)c21. The number of benzene rings is 2. The molecule has 0 bridgehead atoms. The fourth-order valence-corrected chi connectivity index (χ4v) is 4.79. The highest BCUT2D eigenvalue weighted by molar-refractivity contribution is 6.35. The molecule has 1 aromatic heterocycles. The quantitative estimate of drug-likeness (QED) is 0.676. The van der Waals surface area contributed by atoms with E-state index in [9.17, 15) is 9.59 Å². The van der Waals surface area contributed by atoms with Crippen LogP contribution in [-0.2, 0) is 21.5 Å². The molecule has 1 atom stereocenters. The number of carbonyl (C=O) groups excluding carboxylic acids is 2. The highest BCUT2D eigenvalue weighted by atomic mass is 35.5. The van der Waals surface area contributed by atoms with Gasteiger partial charge in [0.2, 0.25) is 11.8 Å². The number of fused-ring (bicyclic) bond motifs is 4. The Morgan fingerprint density at radius 1 is 1.10 bits per heavy atom. The van der Waals surface area contributed by atoms with E-state index in [0.717, 1.165) is 11.1 Å². The number of anilines is 2. The lowest BCUT2D eigenvalue weighted by atomic mass is 9.72. The Balaban J connectivity index is 1.67. The van der Waals surface area contributed by atoms with Crippen LogP contribution in [0.25, 0.3) is 0 Å². The van der Waals surface area contributed by atoms with Crippen molar-refractivity contribution >= 4 is 46.5 Å². The fraction of sp³-hybridized carbons (Fsp3) is 0.190. The van der Waals surface area contributed by atoms with Gasteiger partial charge in [-0.3, -0.25) is 9.59 Å². The molecule has 0 saturated carbocycles. The second-order valence-electron chi connectivity index (χ2n) is 7.32. The molecule has 3 heterocycles. The Kier molecular flexibility index (Phi) is 3.98. The maximum Gasteiger partial charge on any atom is 0.242 e. The Bertz CT molecular complexity index is 1170. The number of rotatable bonds is 2. The van der Waals surface area contributed by atoms with Gasteiger partial charge in [-0.2, -0.15) is 5.10 Å². The van der Waals surface area contributed by atoms with E-state index in [1.54, 1.807) is 42.2 Å². The van der Waals surface area contributed by atoms with Crippen molar-refractivity contribution in [3.8, 4) is 0 Å². The van der Waals surface area contributed by atoms with Crippen molar-refractivity contribution in [2.75, 3.05) is 17.3 Å². The van der Waals surface area contributed by atoms with Gasteiger partial charge in [0.15, 0.2) is 0 Å². The zero-order valence-electron chi connectivity index (χ0n) is 15.4. The van der Waals surface area contributed by atoms with Gasteiger partial charge in [-0.25, -0.2) is 4.68 Å². The monoisotopic (exact) mass is 426 g/mol. The van der Waals surface area contributed by atoms with E-state index in [1.165, 1.54) is 4.90 Å². The summed E-state index contributed by atoms with van der Waals surface area (Å²) in [5, 5.41) is 8.53. The van der Waals surface area contributed by atoms with Gasteiger partial charge in [-0.05, 0) is 29.3 Å². The van der Waals surface area contributed by atoms with Crippen LogP contribution in [0, 0.1) is 0 Å². The minimum Gasteiger partial charge on any atom is -0.313 e. The third-order valence-electron chi connectivity index (χ3n) is 5.68. The first-order valence-electron chi connectivity index (χ1n) is 9.09. The molecular weight excluding hydrogens is 411 g/mol. The van der Waals surface area contributed by atoms with Crippen LogP contribution >= 0.6 is 23.2 Å². The summed E-state index contributed by atoms with van der Waals surface area (Å²) in [7, 11) is 1.69. The van der Waals surface area contributed by atoms with E-state index in [1.807, 2.05) is 18.2 Å². The number of hydrogen-bond acceptors (Lipinski definition) is 3. The fourth-order valence-electron chi connectivity index (χ4n) is 4.36. The average Bonchev–Trinajstić information content (AvgIpc) is 3.18. The molecule has 2 aliphatic heterocycles. The standard InChI is InChI=1S/C21H16Cl2N4O2/c1-26-18-14(3-2-4-16(18)23)21(20(26)29)9-17(28)25-19-15(21)10-24-27(19)11-12-5-7-13(22)8-6-12/h2-8,10H,9,11H2,1H3,(H,25,28)/t21-/m0/s1. The molecule has 2 aliphatic rings. The minimum atomic E-state index is -1.12. The summed E-state index contributed by atoms with van der Waals surface area (Å²) < 4.78 is 1.70. The van der Waals surface area contributed by atoms with Crippen LogP contribution in [0.15, 0.2) is 48.7 Å². The average molecular weight is 427 g/mol. The zero-order chi connectivity index (χ0) is 20.3. The van der Waals surface area contributed by atoms with Crippen LogP contribution in [-0.4, -0.2) is 28.6 Å². The number of amides is 2. The Morgan fingerprint density at radius 3 is 2.62 bits per heavy atom. The van der Waals surface area contributed by atoms with Gasteiger partial charge in [0, 0.05) is 24.1 Å². The summed E-state index contributed by atoms with van der Waals surface area (Å²) in [6.07, 6.45) is 1.69. The number of halogens is 2. The predicted molar refractivity (Wildman–Crippen MR) is 112 cm³/mol.